The molecule has 1 fully saturated rings. The van der Waals surface area contributed by atoms with Crippen LogP contribution in [0, 0.1) is 5.92 Å². The Kier molecular flexibility index (Phi) is 5.13. The zero-order valence-electron chi connectivity index (χ0n) is 12.1. The fraction of sp³-hybridized carbons (Fsp3) is 0.692. The molecule has 1 saturated heterocycles. The SMILES string of the molecule is CCCOC(=O)N1CCC[C@H](Cn2cc(C(=O)O)nn2)C1. The first-order chi connectivity index (χ1) is 10.1. The van der Waals surface area contributed by atoms with E-state index in [1.165, 1.54) is 10.9 Å². The first-order valence-corrected chi connectivity index (χ1v) is 7.15. The number of likely N-dealkylation sites (tertiary alicyclic amines) is 1. The maximum Gasteiger partial charge on any atom is 0.409 e. The van der Waals surface area contributed by atoms with Gasteiger partial charge in [0.2, 0.25) is 0 Å². The number of aromatic carboxylic acids is 1. The maximum atomic E-state index is 11.8. The van der Waals surface area contributed by atoms with Gasteiger partial charge in [-0.15, -0.1) is 5.10 Å². The summed E-state index contributed by atoms with van der Waals surface area (Å²) < 4.78 is 6.66. The van der Waals surface area contributed by atoms with Crippen molar-refractivity contribution in [2.75, 3.05) is 19.7 Å². The Labute approximate surface area is 122 Å². The second-order valence-electron chi connectivity index (χ2n) is 5.20. The number of carbonyl (C=O) groups is 2. The molecule has 1 aliphatic rings. The molecule has 0 aromatic carbocycles. The van der Waals surface area contributed by atoms with Crippen molar-refractivity contribution in [1.82, 2.24) is 19.9 Å². The number of hydrogen-bond donors (Lipinski definition) is 1. The molecule has 0 radical (unpaired) electrons. The Morgan fingerprint density at radius 3 is 3.00 bits per heavy atom. The summed E-state index contributed by atoms with van der Waals surface area (Å²) in [6.45, 7) is 4.25. The molecule has 1 aromatic heterocycles. The van der Waals surface area contributed by atoms with Gasteiger partial charge in [0.05, 0.1) is 12.8 Å². The second-order valence-corrected chi connectivity index (χ2v) is 5.20. The molecule has 1 aromatic rings. The van der Waals surface area contributed by atoms with E-state index in [0.717, 1.165) is 19.3 Å². The molecule has 8 heteroatoms. The molecule has 116 valence electrons. The summed E-state index contributed by atoms with van der Waals surface area (Å²) in [6, 6.07) is 0. The molecular formula is C13H20N4O4. The third kappa shape index (κ3) is 4.17. The molecule has 0 saturated carbocycles. The molecule has 1 N–H and O–H groups in total. The largest absolute Gasteiger partial charge is 0.476 e. The number of ether oxygens (including phenoxy) is 1. The molecule has 0 aliphatic carbocycles. The summed E-state index contributed by atoms with van der Waals surface area (Å²) in [7, 11) is 0. The molecule has 2 rings (SSSR count). The standard InChI is InChI=1S/C13H20N4O4/c1-2-6-21-13(20)16-5-3-4-10(7-16)8-17-9-11(12(18)19)14-15-17/h9-10H,2-8H2,1H3,(H,18,19)/t10-/m0/s1. The third-order valence-electron chi connectivity index (χ3n) is 3.41. The predicted molar refractivity (Wildman–Crippen MR) is 72.9 cm³/mol. The van der Waals surface area contributed by atoms with E-state index in [1.807, 2.05) is 6.92 Å². The number of rotatable bonds is 5. The first-order valence-electron chi connectivity index (χ1n) is 7.15. The Morgan fingerprint density at radius 2 is 2.33 bits per heavy atom. The van der Waals surface area contributed by atoms with Gasteiger partial charge in [-0.05, 0) is 25.2 Å². The van der Waals surface area contributed by atoms with Crippen LogP contribution in [0.2, 0.25) is 0 Å². The summed E-state index contributed by atoms with van der Waals surface area (Å²) in [5.74, 6) is -0.856. The minimum Gasteiger partial charge on any atom is -0.476 e. The lowest BCUT2D eigenvalue weighted by Gasteiger charge is -2.31. The number of nitrogens with zero attached hydrogens (tertiary/aromatic N) is 4. The fourth-order valence-corrected chi connectivity index (χ4v) is 2.41. The van der Waals surface area contributed by atoms with E-state index in [4.69, 9.17) is 9.84 Å². The van der Waals surface area contributed by atoms with E-state index in [-0.39, 0.29) is 17.7 Å². The van der Waals surface area contributed by atoms with Crippen LogP contribution in [0.5, 0.6) is 0 Å². The van der Waals surface area contributed by atoms with Gasteiger partial charge in [-0.2, -0.15) is 0 Å². The minimum atomic E-state index is -1.09. The third-order valence-corrected chi connectivity index (χ3v) is 3.41. The number of carbonyl (C=O) groups excluding carboxylic acids is 1. The van der Waals surface area contributed by atoms with Crippen molar-refractivity contribution in [3.05, 3.63) is 11.9 Å². The van der Waals surface area contributed by atoms with Gasteiger partial charge < -0.3 is 14.7 Å². The molecule has 2 heterocycles. The van der Waals surface area contributed by atoms with Crippen molar-refractivity contribution in [2.24, 2.45) is 5.92 Å². The highest BCUT2D eigenvalue weighted by Crippen LogP contribution is 2.18. The van der Waals surface area contributed by atoms with E-state index in [2.05, 4.69) is 10.3 Å². The van der Waals surface area contributed by atoms with Gasteiger partial charge in [0, 0.05) is 19.6 Å². The Balaban J connectivity index is 1.88. The Bertz CT molecular complexity index is 502. The normalized spacial score (nSPS) is 18.5. The van der Waals surface area contributed by atoms with E-state index < -0.39 is 5.97 Å². The smallest absolute Gasteiger partial charge is 0.409 e. The van der Waals surface area contributed by atoms with Gasteiger partial charge in [0.1, 0.15) is 0 Å². The number of carboxylic acids is 1. The number of amides is 1. The van der Waals surface area contributed by atoms with Gasteiger partial charge in [0.25, 0.3) is 0 Å². The lowest BCUT2D eigenvalue weighted by molar-refractivity contribution is 0.0690. The lowest BCUT2D eigenvalue weighted by Crippen LogP contribution is -2.41. The quantitative estimate of drug-likeness (QED) is 0.877. The summed E-state index contributed by atoms with van der Waals surface area (Å²) >= 11 is 0. The summed E-state index contributed by atoms with van der Waals surface area (Å²) in [4.78, 5) is 24.3. The van der Waals surface area contributed by atoms with Crippen LogP contribution >= 0.6 is 0 Å². The van der Waals surface area contributed by atoms with Crippen LogP contribution in [0.25, 0.3) is 0 Å². The number of hydrogen-bond acceptors (Lipinski definition) is 5. The highest BCUT2D eigenvalue weighted by atomic mass is 16.6. The predicted octanol–water partition coefficient (Wildman–Crippen LogP) is 1.23. The molecule has 1 amide bonds. The van der Waals surface area contributed by atoms with Crippen LogP contribution in [-0.4, -0.2) is 56.8 Å². The molecule has 1 atom stereocenters. The summed E-state index contributed by atoms with van der Waals surface area (Å²) in [6.07, 6.45) is 3.83. The zero-order valence-corrected chi connectivity index (χ0v) is 12.1. The zero-order chi connectivity index (χ0) is 15.2. The van der Waals surface area contributed by atoms with E-state index in [0.29, 0.717) is 26.2 Å². The van der Waals surface area contributed by atoms with Crippen molar-refractivity contribution >= 4 is 12.1 Å². The Hall–Kier alpha value is -2.12. The highest BCUT2D eigenvalue weighted by Gasteiger charge is 2.25. The minimum absolute atomic E-state index is 0.0648. The summed E-state index contributed by atoms with van der Waals surface area (Å²) in [5, 5.41) is 16.2. The van der Waals surface area contributed by atoms with Crippen LogP contribution in [0.1, 0.15) is 36.7 Å². The van der Waals surface area contributed by atoms with Crippen molar-refractivity contribution in [3.63, 3.8) is 0 Å². The topological polar surface area (TPSA) is 97.5 Å². The first kappa shape index (κ1) is 15.3. The van der Waals surface area contributed by atoms with Gasteiger partial charge in [-0.25, -0.2) is 9.59 Å². The van der Waals surface area contributed by atoms with Crippen LogP contribution in [0.15, 0.2) is 6.20 Å². The average Bonchev–Trinajstić information content (AvgIpc) is 2.94. The molecule has 21 heavy (non-hydrogen) atoms. The van der Waals surface area contributed by atoms with Crippen LogP contribution in [0.3, 0.4) is 0 Å². The fourth-order valence-electron chi connectivity index (χ4n) is 2.41. The van der Waals surface area contributed by atoms with Crippen molar-refractivity contribution in [1.29, 1.82) is 0 Å². The van der Waals surface area contributed by atoms with Crippen LogP contribution in [-0.2, 0) is 11.3 Å². The second kappa shape index (κ2) is 7.05. The van der Waals surface area contributed by atoms with E-state index >= 15 is 0 Å². The monoisotopic (exact) mass is 296 g/mol. The summed E-state index contributed by atoms with van der Waals surface area (Å²) in [5.41, 5.74) is -0.0648. The van der Waals surface area contributed by atoms with E-state index in [1.54, 1.807) is 4.90 Å². The van der Waals surface area contributed by atoms with Crippen molar-refractivity contribution in [3.8, 4) is 0 Å². The highest BCUT2D eigenvalue weighted by molar-refractivity contribution is 5.84. The number of carboxylic acid groups (broad SMARTS) is 1. The van der Waals surface area contributed by atoms with Crippen molar-refractivity contribution in [2.45, 2.75) is 32.7 Å². The number of aromatic nitrogens is 3. The molecule has 1 aliphatic heterocycles. The van der Waals surface area contributed by atoms with Crippen LogP contribution < -0.4 is 0 Å². The Morgan fingerprint density at radius 1 is 1.52 bits per heavy atom. The van der Waals surface area contributed by atoms with Gasteiger partial charge in [-0.1, -0.05) is 12.1 Å². The van der Waals surface area contributed by atoms with Gasteiger partial charge in [-0.3, -0.25) is 4.68 Å². The average molecular weight is 296 g/mol. The maximum absolute atomic E-state index is 11.8. The lowest BCUT2D eigenvalue weighted by atomic mass is 9.98. The molecule has 0 bridgehead atoms. The molecular weight excluding hydrogens is 276 g/mol. The van der Waals surface area contributed by atoms with Crippen molar-refractivity contribution < 1.29 is 19.4 Å². The van der Waals surface area contributed by atoms with Gasteiger partial charge in [0.15, 0.2) is 5.69 Å². The molecule has 0 spiro atoms. The van der Waals surface area contributed by atoms with Gasteiger partial charge >= 0.3 is 12.1 Å². The number of piperidine rings is 1. The molecule has 0 unspecified atom stereocenters. The van der Waals surface area contributed by atoms with Crippen LogP contribution in [0.4, 0.5) is 4.79 Å². The molecule has 8 nitrogen and oxygen atoms in total. The van der Waals surface area contributed by atoms with E-state index in [9.17, 15) is 9.59 Å².